The maximum Gasteiger partial charge on any atom is 0.340 e. The number of urea groups is 1. The Kier molecular flexibility index (Phi) is 5.55. The van der Waals surface area contributed by atoms with Crippen molar-refractivity contribution in [2.45, 2.75) is 20.0 Å². The van der Waals surface area contributed by atoms with Gasteiger partial charge in [0.1, 0.15) is 18.5 Å². The lowest BCUT2D eigenvalue weighted by Gasteiger charge is -2.17. The molecule has 2 heterocycles. The molecule has 1 aromatic carbocycles. The first-order chi connectivity index (χ1) is 13.3. The Labute approximate surface area is 161 Å². The lowest BCUT2D eigenvalue weighted by atomic mass is 10.1. The van der Waals surface area contributed by atoms with Crippen LogP contribution in [0.1, 0.15) is 23.0 Å². The molecule has 1 aromatic heterocycles. The van der Waals surface area contributed by atoms with Gasteiger partial charge in [-0.25, -0.2) is 9.59 Å². The van der Waals surface area contributed by atoms with E-state index in [1.54, 1.807) is 19.1 Å². The van der Waals surface area contributed by atoms with Gasteiger partial charge in [0.05, 0.1) is 25.3 Å². The van der Waals surface area contributed by atoms with E-state index in [2.05, 4.69) is 5.32 Å². The summed E-state index contributed by atoms with van der Waals surface area (Å²) >= 11 is 0. The fourth-order valence-corrected chi connectivity index (χ4v) is 3.20. The first kappa shape index (κ1) is 19.7. The van der Waals surface area contributed by atoms with Gasteiger partial charge in [-0.3, -0.25) is 9.69 Å². The molecule has 150 valence electrons. The fraction of sp³-hybridized carbons (Fsp3) is 0.421. The molecular formula is C19H23N3O6. The van der Waals surface area contributed by atoms with Crippen LogP contribution in [0, 0.1) is 6.92 Å². The fourth-order valence-electron chi connectivity index (χ4n) is 3.20. The number of imide groups is 1. The number of aromatic nitrogens is 1. The van der Waals surface area contributed by atoms with Crippen LogP contribution < -0.4 is 10.1 Å². The van der Waals surface area contributed by atoms with Gasteiger partial charge < -0.3 is 24.5 Å². The van der Waals surface area contributed by atoms with Crippen LogP contribution in [-0.4, -0.2) is 64.9 Å². The maximum atomic E-state index is 12.3. The van der Waals surface area contributed by atoms with Gasteiger partial charge in [0.2, 0.25) is 5.91 Å². The summed E-state index contributed by atoms with van der Waals surface area (Å²) in [5.74, 6) is -0.328. The van der Waals surface area contributed by atoms with Crippen LogP contribution in [-0.2, 0) is 16.6 Å². The van der Waals surface area contributed by atoms with Gasteiger partial charge in [-0.2, -0.15) is 0 Å². The molecule has 0 unspecified atom stereocenters. The number of benzene rings is 1. The highest BCUT2D eigenvalue weighted by molar-refractivity contribution is 6.06. The third-order valence-electron chi connectivity index (χ3n) is 4.72. The number of β-amino-alcohol motifs (C(OH)–C–C–N with tert-alkyl or cyclic N) is 1. The molecule has 0 spiro atoms. The van der Waals surface area contributed by atoms with Crippen LogP contribution in [0.3, 0.4) is 0 Å². The average Bonchev–Trinajstić information content (AvgIpc) is 3.11. The van der Waals surface area contributed by atoms with Crippen molar-refractivity contribution in [1.29, 1.82) is 0 Å². The Balaban J connectivity index is 1.75. The van der Waals surface area contributed by atoms with E-state index < -0.39 is 18.1 Å². The van der Waals surface area contributed by atoms with Gasteiger partial charge in [-0.05, 0) is 32.0 Å². The van der Waals surface area contributed by atoms with E-state index >= 15 is 0 Å². The average molecular weight is 389 g/mol. The van der Waals surface area contributed by atoms with Gasteiger partial charge in [0.15, 0.2) is 0 Å². The number of rotatable bonds is 7. The SMILES string of the molecule is CCOC(=O)c1c(C)n(C)c2ccc(OC[C@@H](O)CN3C(=O)CNC3=O)cc12. The molecule has 2 N–H and O–H groups in total. The zero-order chi connectivity index (χ0) is 20.4. The number of aliphatic hydroxyl groups is 1. The second kappa shape index (κ2) is 7.89. The molecule has 0 aliphatic carbocycles. The summed E-state index contributed by atoms with van der Waals surface area (Å²) in [4.78, 5) is 36.4. The Bertz CT molecular complexity index is 919. The van der Waals surface area contributed by atoms with Gasteiger partial charge in [0.25, 0.3) is 0 Å². The van der Waals surface area contributed by atoms with Crippen LogP contribution in [0.25, 0.3) is 10.9 Å². The van der Waals surface area contributed by atoms with Crippen molar-refractivity contribution in [3.05, 3.63) is 29.5 Å². The Morgan fingerprint density at radius 1 is 1.36 bits per heavy atom. The third kappa shape index (κ3) is 3.65. The second-order valence-electron chi connectivity index (χ2n) is 6.55. The van der Waals surface area contributed by atoms with E-state index in [1.807, 2.05) is 24.6 Å². The Hall–Kier alpha value is -3.07. The van der Waals surface area contributed by atoms with Gasteiger partial charge in [-0.1, -0.05) is 0 Å². The number of nitrogens with one attached hydrogen (secondary N) is 1. The number of aliphatic hydroxyl groups excluding tert-OH is 1. The molecule has 0 saturated carbocycles. The number of hydrogen-bond donors (Lipinski definition) is 2. The highest BCUT2D eigenvalue weighted by atomic mass is 16.5. The van der Waals surface area contributed by atoms with Crippen molar-refractivity contribution in [3.8, 4) is 5.75 Å². The summed E-state index contributed by atoms with van der Waals surface area (Å²) in [6.45, 7) is 3.55. The molecule has 0 radical (unpaired) electrons. The van der Waals surface area contributed by atoms with Crippen molar-refractivity contribution < 1.29 is 29.0 Å². The summed E-state index contributed by atoms with van der Waals surface area (Å²) in [6, 6.07) is 4.75. The number of hydrogen-bond acceptors (Lipinski definition) is 6. The standard InChI is InChI=1S/C19H23N3O6/c1-4-27-18(25)17-11(2)21(3)15-6-5-13(7-14(15)17)28-10-12(23)9-22-16(24)8-20-19(22)26/h5-7,12,23H,4,8-10H2,1-3H3,(H,20,26)/t12-/m0/s1. The van der Waals surface area contributed by atoms with Crippen LogP contribution in [0.4, 0.5) is 4.79 Å². The number of fused-ring (bicyclic) bond motifs is 1. The van der Waals surface area contributed by atoms with Gasteiger partial charge in [0, 0.05) is 23.6 Å². The van der Waals surface area contributed by atoms with E-state index in [-0.39, 0.29) is 32.2 Å². The van der Waals surface area contributed by atoms with E-state index in [1.165, 1.54) is 0 Å². The summed E-state index contributed by atoms with van der Waals surface area (Å²) in [6.07, 6.45) is -1.04. The third-order valence-corrected chi connectivity index (χ3v) is 4.72. The number of esters is 1. The lowest BCUT2D eigenvalue weighted by Crippen LogP contribution is -2.39. The van der Waals surface area contributed by atoms with E-state index in [0.29, 0.717) is 16.7 Å². The first-order valence-corrected chi connectivity index (χ1v) is 8.98. The molecule has 1 saturated heterocycles. The molecule has 1 aliphatic heterocycles. The molecular weight excluding hydrogens is 366 g/mol. The van der Waals surface area contributed by atoms with Crippen LogP contribution >= 0.6 is 0 Å². The maximum absolute atomic E-state index is 12.3. The van der Waals surface area contributed by atoms with Crippen molar-refractivity contribution in [2.24, 2.45) is 7.05 Å². The zero-order valence-corrected chi connectivity index (χ0v) is 16.0. The number of carbonyl (C=O) groups excluding carboxylic acids is 3. The van der Waals surface area contributed by atoms with Crippen molar-refractivity contribution in [1.82, 2.24) is 14.8 Å². The van der Waals surface area contributed by atoms with Crippen LogP contribution in [0.2, 0.25) is 0 Å². The highest BCUT2D eigenvalue weighted by Gasteiger charge is 2.30. The second-order valence-corrected chi connectivity index (χ2v) is 6.55. The summed E-state index contributed by atoms with van der Waals surface area (Å²) in [5.41, 5.74) is 2.11. The molecule has 0 bridgehead atoms. The van der Waals surface area contributed by atoms with E-state index in [0.717, 1.165) is 16.1 Å². The summed E-state index contributed by atoms with van der Waals surface area (Å²) in [7, 11) is 1.86. The minimum atomic E-state index is -1.04. The minimum Gasteiger partial charge on any atom is -0.491 e. The minimum absolute atomic E-state index is 0.0624. The molecule has 1 aliphatic rings. The summed E-state index contributed by atoms with van der Waals surface area (Å²) < 4.78 is 12.7. The van der Waals surface area contributed by atoms with Gasteiger partial charge in [-0.15, -0.1) is 0 Å². The lowest BCUT2D eigenvalue weighted by molar-refractivity contribution is -0.126. The van der Waals surface area contributed by atoms with E-state index in [4.69, 9.17) is 9.47 Å². The molecule has 9 nitrogen and oxygen atoms in total. The van der Waals surface area contributed by atoms with E-state index in [9.17, 15) is 19.5 Å². The normalized spacial score (nSPS) is 15.1. The number of amides is 3. The quantitative estimate of drug-likeness (QED) is 0.539. The predicted octanol–water partition coefficient (Wildman–Crippen LogP) is 0.955. The smallest absolute Gasteiger partial charge is 0.340 e. The van der Waals surface area contributed by atoms with Crippen molar-refractivity contribution in [2.75, 3.05) is 26.3 Å². The monoisotopic (exact) mass is 389 g/mol. The molecule has 1 fully saturated rings. The number of ether oxygens (including phenoxy) is 2. The van der Waals surface area contributed by atoms with Crippen LogP contribution in [0.15, 0.2) is 18.2 Å². The number of nitrogens with zero attached hydrogens (tertiary/aromatic N) is 2. The molecule has 28 heavy (non-hydrogen) atoms. The topological polar surface area (TPSA) is 110 Å². The predicted molar refractivity (Wildman–Crippen MR) is 100 cm³/mol. The molecule has 2 aromatic rings. The van der Waals surface area contributed by atoms with Crippen molar-refractivity contribution in [3.63, 3.8) is 0 Å². The number of aryl methyl sites for hydroxylation is 1. The number of carbonyl (C=O) groups is 3. The Morgan fingerprint density at radius 2 is 2.11 bits per heavy atom. The molecule has 9 heteroatoms. The van der Waals surface area contributed by atoms with Crippen LogP contribution in [0.5, 0.6) is 5.75 Å². The molecule has 3 rings (SSSR count). The largest absolute Gasteiger partial charge is 0.491 e. The Morgan fingerprint density at radius 3 is 2.75 bits per heavy atom. The first-order valence-electron chi connectivity index (χ1n) is 8.98. The zero-order valence-electron chi connectivity index (χ0n) is 16.0. The van der Waals surface area contributed by atoms with Crippen molar-refractivity contribution >= 4 is 28.8 Å². The van der Waals surface area contributed by atoms with Gasteiger partial charge >= 0.3 is 12.0 Å². The highest BCUT2D eigenvalue weighted by Crippen LogP contribution is 2.29. The summed E-state index contributed by atoms with van der Waals surface area (Å²) in [5, 5.41) is 13.2. The molecule has 1 atom stereocenters. The molecule has 3 amide bonds.